The van der Waals surface area contributed by atoms with Crippen LogP contribution in [0.4, 0.5) is 21.0 Å². The summed E-state index contributed by atoms with van der Waals surface area (Å²) in [5, 5.41) is 9.37. The van der Waals surface area contributed by atoms with Crippen LogP contribution in [0.5, 0.6) is 0 Å². The number of benzene rings is 2. The van der Waals surface area contributed by atoms with E-state index in [0.29, 0.717) is 0 Å². The van der Waals surface area contributed by atoms with E-state index in [1.54, 1.807) is 0 Å². The van der Waals surface area contributed by atoms with Crippen LogP contribution in [0.25, 0.3) is 0 Å². The van der Waals surface area contributed by atoms with Gasteiger partial charge < -0.3 is 32.7 Å². The molecule has 0 aliphatic carbocycles. The Labute approximate surface area is 171 Å². The van der Waals surface area contributed by atoms with Crippen LogP contribution in [0, 0.1) is 0 Å². The Balaban J connectivity index is 2.74. The van der Waals surface area contributed by atoms with Crippen LogP contribution in [-0.4, -0.2) is 43.8 Å². The Morgan fingerprint density at radius 1 is 0.667 bits per heavy atom. The van der Waals surface area contributed by atoms with E-state index < -0.39 is 29.7 Å². The van der Waals surface area contributed by atoms with Gasteiger partial charge in [0.25, 0.3) is 11.8 Å². The minimum absolute atomic E-state index is 0.0145. The zero-order valence-corrected chi connectivity index (χ0v) is 16.2. The predicted octanol–water partition coefficient (Wildman–Crippen LogP) is 0.618. The molecule has 0 saturated heterocycles. The molecular weight excluding hydrogens is 392 g/mol. The fraction of sp³-hybridized carbons (Fsp3) is 0.105. The SMILES string of the molecule is CNC(=O)c1c(NC(N)=O)cccc1C(=O)c1cccc(NC(N)=O)c1C(=O)NC. The molecule has 30 heavy (non-hydrogen) atoms. The van der Waals surface area contributed by atoms with E-state index in [2.05, 4.69) is 21.3 Å². The normalized spacial score (nSPS) is 9.93. The first kappa shape index (κ1) is 21.9. The van der Waals surface area contributed by atoms with Gasteiger partial charge in [0.1, 0.15) is 0 Å². The molecule has 2 aromatic carbocycles. The van der Waals surface area contributed by atoms with Crippen LogP contribution < -0.4 is 32.7 Å². The van der Waals surface area contributed by atoms with Crippen LogP contribution >= 0.6 is 0 Å². The van der Waals surface area contributed by atoms with Gasteiger partial charge in [-0.15, -0.1) is 0 Å². The lowest BCUT2D eigenvalue weighted by Crippen LogP contribution is -2.28. The Hall–Kier alpha value is -4.41. The zero-order valence-electron chi connectivity index (χ0n) is 16.2. The highest BCUT2D eigenvalue weighted by molar-refractivity contribution is 6.22. The van der Waals surface area contributed by atoms with E-state index in [1.165, 1.54) is 50.5 Å². The molecule has 0 atom stereocenters. The molecule has 11 heteroatoms. The molecule has 0 bridgehead atoms. The summed E-state index contributed by atoms with van der Waals surface area (Å²) in [6.45, 7) is 0. The number of nitrogens with one attached hydrogen (secondary N) is 4. The number of amides is 6. The number of anilines is 2. The van der Waals surface area contributed by atoms with E-state index in [1.807, 2.05) is 0 Å². The maximum absolute atomic E-state index is 13.4. The number of urea groups is 2. The number of primary amides is 2. The first-order chi connectivity index (χ1) is 14.2. The topological polar surface area (TPSA) is 186 Å². The summed E-state index contributed by atoms with van der Waals surface area (Å²) in [7, 11) is 2.70. The van der Waals surface area contributed by atoms with E-state index in [4.69, 9.17) is 11.5 Å². The Bertz CT molecular complexity index is 968. The third-order valence-electron chi connectivity index (χ3n) is 4.04. The van der Waals surface area contributed by atoms with E-state index in [-0.39, 0.29) is 33.6 Å². The van der Waals surface area contributed by atoms with Gasteiger partial charge >= 0.3 is 12.1 Å². The highest BCUT2D eigenvalue weighted by Gasteiger charge is 2.26. The highest BCUT2D eigenvalue weighted by Crippen LogP contribution is 2.27. The molecule has 2 aromatic rings. The number of hydrogen-bond acceptors (Lipinski definition) is 5. The summed E-state index contributed by atoms with van der Waals surface area (Å²) in [6, 6.07) is 6.55. The number of nitrogens with two attached hydrogens (primary N) is 2. The number of carbonyl (C=O) groups is 5. The van der Waals surface area contributed by atoms with Gasteiger partial charge in [0.05, 0.1) is 22.5 Å². The minimum atomic E-state index is -0.927. The molecule has 0 aliphatic heterocycles. The average Bonchev–Trinajstić information content (AvgIpc) is 2.70. The molecule has 0 aliphatic rings. The molecule has 6 amide bonds. The van der Waals surface area contributed by atoms with Gasteiger partial charge in [-0.1, -0.05) is 24.3 Å². The fourth-order valence-electron chi connectivity index (χ4n) is 2.84. The van der Waals surface area contributed by atoms with E-state index in [9.17, 15) is 24.0 Å². The molecule has 2 rings (SSSR count). The van der Waals surface area contributed by atoms with Crippen LogP contribution in [0.3, 0.4) is 0 Å². The maximum Gasteiger partial charge on any atom is 0.316 e. The van der Waals surface area contributed by atoms with Crippen molar-refractivity contribution in [3.05, 3.63) is 58.7 Å². The summed E-state index contributed by atoms with van der Waals surface area (Å²) >= 11 is 0. The van der Waals surface area contributed by atoms with E-state index in [0.717, 1.165) is 0 Å². The van der Waals surface area contributed by atoms with Gasteiger partial charge in [-0.05, 0) is 12.1 Å². The molecule has 11 nitrogen and oxygen atoms in total. The summed E-state index contributed by atoms with van der Waals surface area (Å²) in [6.07, 6.45) is 0. The molecule has 0 spiro atoms. The molecule has 8 N–H and O–H groups in total. The number of carbonyl (C=O) groups excluding carboxylic acids is 5. The number of hydrogen-bond donors (Lipinski definition) is 6. The Morgan fingerprint density at radius 2 is 1.03 bits per heavy atom. The van der Waals surface area contributed by atoms with E-state index >= 15 is 0 Å². The van der Waals surface area contributed by atoms with Gasteiger partial charge in [0, 0.05) is 25.2 Å². The lowest BCUT2D eigenvalue weighted by Gasteiger charge is -2.16. The van der Waals surface area contributed by atoms with Gasteiger partial charge in [0.2, 0.25) is 0 Å². The standard InChI is InChI=1S/C19H20N6O5/c1-22-16(27)13-9(5-3-7-11(13)24-18(20)29)15(26)10-6-4-8-12(25-19(21)30)14(10)17(28)23-2/h3-8H,1-2H3,(H,22,27)(H,23,28)(H3,20,24,29)(H3,21,25,30). The lowest BCUT2D eigenvalue weighted by atomic mass is 9.92. The maximum atomic E-state index is 13.4. The quantitative estimate of drug-likeness (QED) is 0.379. The number of rotatable bonds is 6. The van der Waals surface area contributed by atoms with Crippen molar-refractivity contribution in [2.75, 3.05) is 24.7 Å². The van der Waals surface area contributed by atoms with Crippen LogP contribution in [0.2, 0.25) is 0 Å². The summed E-state index contributed by atoms with van der Waals surface area (Å²) in [5.41, 5.74) is 9.86. The molecule has 156 valence electrons. The molecule has 0 heterocycles. The summed E-state index contributed by atoms with van der Waals surface area (Å²) < 4.78 is 0. The van der Waals surface area contributed by atoms with Crippen molar-refractivity contribution in [3.63, 3.8) is 0 Å². The predicted molar refractivity (Wildman–Crippen MR) is 110 cm³/mol. The van der Waals surface area contributed by atoms with Crippen molar-refractivity contribution in [2.24, 2.45) is 11.5 Å². The third kappa shape index (κ3) is 4.52. The number of ketones is 1. The monoisotopic (exact) mass is 412 g/mol. The Morgan fingerprint density at radius 3 is 1.33 bits per heavy atom. The Kier molecular flexibility index (Phi) is 6.70. The van der Waals surface area contributed by atoms with Crippen molar-refractivity contribution in [2.45, 2.75) is 0 Å². The van der Waals surface area contributed by atoms with Gasteiger partial charge in [0.15, 0.2) is 5.78 Å². The first-order valence-corrected chi connectivity index (χ1v) is 8.59. The first-order valence-electron chi connectivity index (χ1n) is 8.59. The van der Waals surface area contributed by atoms with Crippen LogP contribution in [-0.2, 0) is 0 Å². The second kappa shape index (κ2) is 9.19. The largest absolute Gasteiger partial charge is 0.355 e. The highest BCUT2D eigenvalue weighted by atomic mass is 16.2. The smallest absolute Gasteiger partial charge is 0.316 e. The fourth-order valence-corrected chi connectivity index (χ4v) is 2.84. The molecule has 0 radical (unpaired) electrons. The summed E-state index contributed by atoms with van der Waals surface area (Å²) in [4.78, 5) is 60.9. The van der Waals surface area contributed by atoms with Crippen molar-refractivity contribution in [1.29, 1.82) is 0 Å². The van der Waals surface area contributed by atoms with Crippen molar-refractivity contribution in [1.82, 2.24) is 10.6 Å². The second-order valence-electron chi connectivity index (χ2n) is 5.92. The van der Waals surface area contributed by atoms with Gasteiger partial charge in [-0.25, -0.2) is 9.59 Å². The minimum Gasteiger partial charge on any atom is -0.355 e. The average molecular weight is 412 g/mol. The molecule has 0 saturated carbocycles. The molecular formula is C19H20N6O5. The molecule has 0 aromatic heterocycles. The molecule has 0 unspecified atom stereocenters. The lowest BCUT2D eigenvalue weighted by molar-refractivity contribution is 0.0947. The van der Waals surface area contributed by atoms with Gasteiger partial charge in [-0.3, -0.25) is 14.4 Å². The van der Waals surface area contributed by atoms with Gasteiger partial charge in [-0.2, -0.15) is 0 Å². The molecule has 0 fully saturated rings. The van der Waals surface area contributed by atoms with Crippen LogP contribution in [0.15, 0.2) is 36.4 Å². The third-order valence-corrected chi connectivity index (χ3v) is 4.04. The summed E-state index contributed by atoms with van der Waals surface area (Å²) in [5.74, 6) is -2.01. The van der Waals surface area contributed by atoms with Crippen molar-refractivity contribution in [3.8, 4) is 0 Å². The zero-order chi connectivity index (χ0) is 22.4. The van der Waals surface area contributed by atoms with Crippen molar-refractivity contribution < 1.29 is 24.0 Å². The van der Waals surface area contributed by atoms with Crippen molar-refractivity contribution >= 4 is 41.0 Å². The van der Waals surface area contributed by atoms with Crippen LogP contribution in [0.1, 0.15) is 36.6 Å². The second-order valence-corrected chi connectivity index (χ2v) is 5.92.